The van der Waals surface area contributed by atoms with E-state index in [2.05, 4.69) is 0 Å². The highest BCUT2D eigenvalue weighted by atomic mass is 16.7. The number of aliphatic hydroxyl groups is 1. The van der Waals surface area contributed by atoms with Crippen molar-refractivity contribution in [3.05, 3.63) is 107 Å². The van der Waals surface area contributed by atoms with Crippen molar-refractivity contribution in [1.29, 1.82) is 0 Å². The van der Waals surface area contributed by atoms with E-state index in [4.69, 9.17) is 4.84 Å². The molecule has 164 valence electrons. The lowest BCUT2D eigenvalue weighted by Crippen LogP contribution is -2.30. The van der Waals surface area contributed by atoms with Crippen LogP contribution in [-0.4, -0.2) is 34.9 Å². The van der Waals surface area contributed by atoms with E-state index in [0.717, 1.165) is 5.06 Å². The van der Waals surface area contributed by atoms with Gasteiger partial charge in [-0.2, -0.15) is 5.06 Å². The lowest BCUT2D eigenvalue weighted by molar-refractivity contribution is -0.161. The molecule has 0 saturated heterocycles. The van der Waals surface area contributed by atoms with Crippen molar-refractivity contribution in [2.75, 3.05) is 7.05 Å². The van der Waals surface area contributed by atoms with Crippen molar-refractivity contribution in [1.82, 2.24) is 5.06 Å². The molecule has 0 atom stereocenters. The number of ketones is 1. The van der Waals surface area contributed by atoms with Gasteiger partial charge in [-0.15, -0.1) is 0 Å². The summed E-state index contributed by atoms with van der Waals surface area (Å²) in [6, 6.07) is 25.0. The number of carbonyl (C=O) groups is 3. The minimum absolute atomic E-state index is 0.0285. The molecule has 3 aromatic rings. The molecule has 3 rings (SSSR count). The van der Waals surface area contributed by atoms with E-state index < -0.39 is 17.5 Å². The molecular weight excluding hydrogens is 406 g/mol. The highest BCUT2D eigenvalue weighted by molar-refractivity contribution is 5.91. The van der Waals surface area contributed by atoms with Crippen molar-refractivity contribution in [2.45, 2.75) is 25.4 Å². The van der Waals surface area contributed by atoms with Crippen molar-refractivity contribution >= 4 is 17.7 Å². The quantitative estimate of drug-likeness (QED) is 0.454. The Balaban J connectivity index is 1.83. The Bertz CT molecular complexity index is 1040. The van der Waals surface area contributed by atoms with Crippen LogP contribution in [0.3, 0.4) is 0 Å². The first-order valence-corrected chi connectivity index (χ1v) is 10.2. The van der Waals surface area contributed by atoms with Gasteiger partial charge in [0.05, 0.1) is 5.56 Å². The minimum atomic E-state index is -1.41. The summed E-state index contributed by atoms with van der Waals surface area (Å²) in [5.41, 5.74) is 0.778. The van der Waals surface area contributed by atoms with Gasteiger partial charge in [-0.3, -0.25) is 4.79 Å². The fourth-order valence-corrected chi connectivity index (χ4v) is 3.37. The molecule has 0 heterocycles. The van der Waals surface area contributed by atoms with Crippen molar-refractivity contribution in [3.8, 4) is 0 Å². The summed E-state index contributed by atoms with van der Waals surface area (Å²) < 4.78 is 0. The molecule has 0 aliphatic heterocycles. The second-order valence-corrected chi connectivity index (χ2v) is 7.49. The van der Waals surface area contributed by atoms with E-state index in [1.807, 2.05) is 60.7 Å². The van der Waals surface area contributed by atoms with Crippen molar-refractivity contribution in [2.24, 2.45) is 0 Å². The maximum atomic E-state index is 12.5. The molecule has 1 N–H and O–H groups in total. The second kappa shape index (κ2) is 10.0. The van der Waals surface area contributed by atoms with Gasteiger partial charge in [0.2, 0.25) is 0 Å². The normalized spacial score (nSPS) is 11.0. The molecular formula is C26H25NO5. The molecule has 0 aliphatic rings. The van der Waals surface area contributed by atoms with Gasteiger partial charge in [-0.1, -0.05) is 72.8 Å². The Morgan fingerprint density at radius 2 is 1.25 bits per heavy atom. The molecule has 6 nitrogen and oxygen atoms in total. The number of hydrogen-bond donors (Lipinski definition) is 1. The monoisotopic (exact) mass is 431 g/mol. The van der Waals surface area contributed by atoms with Crippen LogP contribution in [0.2, 0.25) is 0 Å². The Hall–Kier alpha value is -3.77. The average Bonchev–Trinajstić information content (AvgIpc) is 2.83. The largest absolute Gasteiger partial charge is 0.376 e. The van der Waals surface area contributed by atoms with E-state index >= 15 is 0 Å². The standard InChI is InChI=1S/C26H25NO5/c1-19(28)13-18-24(29)27(2)32-25(30)20-14-16-23(17-15-20)26(31,21-9-5-3-6-10-21)22-11-7-4-8-12-22/h3-12,14-17,31H,13,18H2,1-2H3. The number of amides is 1. The van der Waals surface area contributed by atoms with Gasteiger partial charge in [0.25, 0.3) is 5.91 Å². The smallest absolute Gasteiger partial charge is 0.363 e. The van der Waals surface area contributed by atoms with Crippen LogP contribution in [0.5, 0.6) is 0 Å². The van der Waals surface area contributed by atoms with Gasteiger partial charge in [-0.05, 0) is 35.7 Å². The highest BCUT2D eigenvalue weighted by Crippen LogP contribution is 2.36. The van der Waals surface area contributed by atoms with Crippen LogP contribution in [0.1, 0.15) is 46.8 Å². The fraction of sp³-hybridized carbons (Fsp3) is 0.192. The third-order valence-electron chi connectivity index (χ3n) is 5.18. The average molecular weight is 431 g/mol. The Morgan fingerprint density at radius 3 is 1.72 bits per heavy atom. The predicted octanol–water partition coefficient (Wildman–Crippen LogP) is 3.87. The summed E-state index contributed by atoms with van der Waals surface area (Å²) in [7, 11) is 1.33. The lowest BCUT2D eigenvalue weighted by atomic mass is 9.80. The zero-order valence-corrected chi connectivity index (χ0v) is 18.0. The molecule has 0 saturated carbocycles. The first-order chi connectivity index (χ1) is 15.3. The second-order valence-electron chi connectivity index (χ2n) is 7.49. The summed E-state index contributed by atoms with van der Waals surface area (Å²) >= 11 is 0. The molecule has 1 amide bonds. The van der Waals surface area contributed by atoms with Crippen LogP contribution in [-0.2, 0) is 20.0 Å². The first-order valence-electron chi connectivity index (χ1n) is 10.2. The zero-order valence-electron chi connectivity index (χ0n) is 18.0. The van der Waals surface area contributed by atoms with Crippen LogP contribution in [0.4, 0.5) is 0 Å². The summed E-state index contributed by atoms with van der Waals surface area (Å²) in [5, 5.41) is 12.6. The molecule has 0 fully saturated rings. The summed E-state index contributed by atoms with van der Waals surface area (Å²) in [5.74, 6) is -1.29. The number of rotatable bonds is 7. The van der Waals surface area contributed by atoms with Crippen LogP contribution in [0.25, 0.3) is 0 Å². The molecule has 3 aromatic carbocycles. The molecule has 0 aromatic heterocycles. The molecule has 0 unspecified atom stereocenters. The number of hydroxylamine groups is 2. The summed E-state index contributed by atoms with van der Waals surface area (Å²) in [6.45, 7) is 1.40. The molecule has 0 spiro atoms. The predicted molar refractivity (Wildman–Crippen MR) is 120 cm³/mol. The fourth-order valence-electron chi connectivity index (χ4n) is 3.37. The molecule has 6 heteroatoms. The Kier molecular flexibility index (Phi) is 7.18. The van der Waals surface area contributed by atoms with Crippen molar-refractivity contribution in [3.63, 3.8) is 0 Å². The van der Waals surface area contributed by atoms with Gasteiger partial charge in [-0.25, -0.2) is 4.79 Å². The van der Waals surface area contributed by atoms with Gasteiger partial charge in [0.1, 0.15) is 11.4 Å². The maximum absolute atomic E-state index is 12.5. The third-order valence-corrected chi connectivity index (χ3v) is 5.18. The number of hydrogen-bond acceptors (Lipinski definition) is 5. The van der Waals surface area contributed by atoms with E-state index in [1.165, 1.54) is 14.0 Å². The molecule has 32 heavy (non-hydrogen) atoms. The number of carbonyl (C=O) groups excluding carboxylic acids is 3. The summed E-state index contributed by atoms with van der Waals surface area (Å²) in [6.07, 6.45) is 0.0617. The van der Waals surface area contributed by atoms with Crippen molar-refractivity contribution < 1.29 is 24.3 Å². The zero-order chi connectivity index (χ0) is 23.1. The third kappa shape index (κ3) is 5.10. The maximum Gasteiger partial charge on any atom is 0.363 e. The lowest BCUT2D eigenvalue weighted by Gasteiger charge is -2.30. The van der Waals surface area contributed by atoms with Gasteiger partial charge in [0, 0.05) is 19.9 Å². The first kappa shape index (κ1) is 22.9. The van der Waals surface area contributed by atoms with E-state index in [9.17, 15) is 19.5 Å². The summed E-state index contributed by atoms with van der Waals surface area (Å²) in [4.78, 5) is 40.6. The molecule has 0 bridgehead atoms. The highest BCUT2D eigenvalue weighted by Gasteiger charge is 2.33. The van der Waals surface area contributed by atoms with Crippen LogP contribution < -0.4 is 0 Å². The van der Waals surface area contributed by atoms with Crippen LogP contribution >= 0.6 is 0 Å². The van der Waals surface area contributed by atoms with E-state index in [-0.39, 0.29) is 24.2 Å². The molecule has 0 radical (unpaired) electrons. The number of Topliss-reactive ketones (excluding diaryl/α,β-unsaturated/α-hetero) is 1. The molecule has 0 aliphatic carbocycles. The Morgan fingerprint density at radius 1 is 0.781 bits per heavy atom. The number of benzene rings is 3. The minimum Gasteiger partial charge on any atom is -0.376 e. The van der Waals surface area contributed by atoms with Gasteiger partial charge >= 0.3 is 5.97 Å². The van der Waals surface area contributed by atoms with E-state index in [1.54, 1.807) is 24.3 Å². The van der Waals surface area contributed by atoms with Gasteiger partial charge < -0.3 is 14.7 Å². The topological polar surface area (TPSA) is 83.9 Å². The SMILES string of the molecule is CC(=O)CCC(=O)N(C)OC(=O)c1ccc(C(O)(c2ccccc2)c2ccccc2)cc1. The van der Waals surface area contributed by atoms with Gasteiger partial charge in [0.15, 0.2) is 0 Å². The number of nitrogens with zero attached hydrogens (tertiary/aromatic N) is 1. The van der Waals surface area contributed by atoms with E-state index in [0.29, 0.717) is 16.7 Å². The Labute approximate surface area is 187 Å². The van der Waals surface area contributed by atoms with Crippen LogP contribution in [0.15, 0.2) is 84.9 Å². The van der Waals surface area contributed by atoms with Crippen LogP contribution in [0, 0.1) is 0 Å².